The molecule has 0 bridgehead atoms. The number of hydrogen-bond acceptors (Lipinski definition) is 5. The van der Waals surface area contributed by atoms with Crippen LogP contribution in [-0.4, -0.2) is 51.0 Å². The summed E-state index contributed by atoms with van der Waals surface area (Å²) in [4.78, 5) is 15.2. The van der Waals surface area contributed by atoms with Gasteiger partial charge in [0, 0.05) is 19.5 Å². The van der Waals surface area contributed by atoms with Crippen molar-refractivity contribution in [2.45, 2.75) is 62.7 Å². The Morgan fingerprint density at radius 3 is 2.87 bits per heavy atom. The van der Waals surface area contributed by atoms with Crippen molar-refractivity contribution >= 4 is 17.7 Å². The second kappa shape index (κ2) is 11.0. The molecule has 4 rings (SSSR count). The number of aromatic nitrogens is 3. The van der Waals surface area contributed by atoms with Gasteiger partial charge in [0.05, 0.1) is 11.8 Å². The Hall–Kier alpha value is -2.12. The first kappa shape index (κ1) is 22.1. The monoisotopic (exact) mass is 439 g/mol. The van der Waals surface area contributed by atoms with Gasteiger partial charge in [0.25, 0.3) is 0 Å². The summed E-state index contributed by atoms with van der Waals surface area (Å²) in [5, 5.41) is 12.8. The van der Waals surface area contributed by atoms with Gasteiger partial charge in [-0.25, -0.2) is 0 Å². The van der Waals surface area contributed by atoms with Crippen molar-refractivity contribution in [3.8, 4) is 0 Å². The van der Waals surface area contributed by atoms with Gasteiger partial charge in [-0.15, -0.1) is 16.8 Å². The highest BCUT2D eigenvalue weighted by molar-refractivity contribution is 7.99. The first-order valence-corrected chi connectivity index (χ1v) is 12.5. The number of likely N-dealkylation sites (tertiary alicyclic amines) is 1. The van der Waals surface area contributed by atoms with Gasteiger partial charge in [0.15, 0.2) is 5.16 Å². The lowest BCUT2D eigenvalue weighted by atomic mass is 9.88. The highest BCUT2D eigenvalue weighted by Gasteiger charge is 2.22. The maximum Gasteiger partial charge on any atom is 0.230 e. The molecule has 6 nitrogen and oxygen atoms in total. The molecule has 0 saturated carbocycles. The van der Waals surface area contributed by atoms with Gasteiger partial charge in [0.1, 0.15) is 5.82 Å². The Morgan fingerprint density at radius 1 is 1.19 bits per heavy atom. The van der Waals surface area contributed by atoms with Crippen molar-refractivity contribution in [2.24, 2.45) is 0 Å². The lowest BCUT2D eigenvalue weighted by Gasteiger charge is -2.26. The van der Waals surface area contributed by atoms with Crippen LogP contribution in [0.3, 0.4) is 0 Å². The average molecular weight is 440 g/mol. The molecule has 1 aromatic heterocycles. The molecule has 2 heterocycles. The summed E-state index contributed by atoms with van der Waals surface area (Å²) in [6.45, 7) is 7.94. The number of piperidine rings is 1. The zero-order chi connectivity index (χ0) is 21.5. The number of thioether (sulfide) groups is 1. The molecule has 0 radical (unpaired) electrons. The van der Waals surface area contributed by atoms with E-state index in [-0.39, 0.29) is 11.9 Å². The summed E-state index contributed by atoms with van der Waals surface area (Å²) >= 11 is 1.46. The van der Waals surface area contributed by atoms with E-state index in [1.807, 2.05) is 6.08 Å². The lowest BCUT2D eigenvalue weighted by molar-refractivity contribution is -0.119. The van der Waals surface area contributed by atoms with E-state index < -0.39 is 0 Å². The number of aryl methyl sites for hydroxylation is 1. The van der Waals surface area contributed by atoms with Gasteiger partial charge in [-0.2, -0.15) is 0 Å². The molecule has 166 valence electrons. The molecule has 1 aromatic carbocycles. The fourth-order valence-corrected chi connectivity index (χ4v) is 5.41. The number of nitrogens with one attached hydrogen (secondary N) is 1. The van der Waals surface area contributed by atoms with Gasteiger partial charge < -0.3 is 14.8 Å². The topological polar surface area (TPSA) is 63.1 Å². The fourth-order valence-electron chi connectivity index (χ4n) is 4.63. The summed E-state index contributed by atoms with van der Waals surface area (Å²) < 4.78 is 2.10. The van der Waals surface area contributed by atoms with Crippen LogP contribution in [-0.2, 0) is 24.2 Å². The Kier molecular flexibility index (Phi) is 7.81. The zero-order valence-corrected chi connectivity index (χ0v) is 19.1. The molecule has 1 aliphatic heterocycles. The fraction of sp³-hybridized carbons (Fsp3) is 0.542. The minimum Gasteiger partial charge on any atom is -0.349 e. The molecule has 1 saturated heterocycles. The standard InChI is InChI=1S/C24H33N5OS/c1-2-14-29-22(13-17-28-15-6-3-7-16-28)26-27-24(29)31-18-23(30)25-21-12-8-10-19-9-4-5-11-20(19)21/h2,4-5,9,11,21H,1,3,6-8,10,12-18H2,(H,25,30)/t21-/m1/s1. The van der Waals surface area contributed by atoms with Crippen LogP contribution in [0.2, 0.25) is 0 Å². The lowest BCUT2D eigenvalue weighted by Crippen LogP contribution is -2.32. The summed E-state index contributed by atoms with van der Waals surface area (Å²) in [5.41, 5.74) is 2.62. The number of benzene rings is 1. The van der Waals surface area contributed by atoms with Crippen LogP contribution in [0.1, 0.15) is 55.1 Å². The van der Waals surface area contributed by atoms with Gasteiger partial charge >= 0.3 is 0 Å². The summed E-state index contributed by atoms with van der Waals surface area (Å²) in [6.07, 6.45) is 9.90. The van der Waals surface area contributed by atoms with Crippen molar-refractivity contribution in [3.63, 3.8) is 0 Å². The van der Waals surface area contributed by atoms with Crippen LogP contribution in [0.4, 0.5) is 0 Å². The Morgan fingerprint density at radius 2 is 2.03 bits per heavy atom. The van der Waals surface area contributed by atoms with Gasteiger partial charge in [0.2, 0.25) is 5.91 Å². The Balaban J connectivity index is 1.33. The third-order valence-electron chi connectivity index (χ3n) is 6.24. The summed E-state index contributed by atoms with van der Waals surface area (Å²) in [7, 11) is 0. The smallest absolute Gasteiger partial charge is 0.230 e. The maximum atomic E-state index is 12.7. The molecule has 7 heteroatoms. The molecule has 31 heavy (non-hydrogen) atoms. The third kappa shape index (κ3) is 5.77. The van der Waals surface area contributed by atoms with Gasteiger partial charge in [-0.1, -0.05) is 48.5 Å². The molecule has 1 amide bonds. The first-order chi connectivity index (χ1) is 15.2. The highest BCUT2D eigenvalue weighted by Crippen LogP contribution is 2.29. The number of allylic oxidation sites excluding steroid dienone is 1. The maximum absolute atomic E-state index is 12.7. The van der Waals surface area contributed by atoms with Crippen molar-refractivity contribution in [1.82, 2.24) is 25.0 Å². The zero-order valence-electron chi connectivity index (χ0n) is 18.3. The van der Waals surface area contributed by atoms with E-state index in [4.69, 9.17) is 0 Å². The van der Waals surface area contributed by atoms with E-state index >= 15 is 0 Å². The van der Waals surface area contributed by atoms with E-state index in [1.54, 1.807) is 0 Å². The number of fused-ring (bicyclic) bond motifs is 1. The molecule has 1 fully saturated rings. The number of carbonyl (C=O) groups excluding carboxylic acids is 1. The molecule has 2 aliphatic rings. The molecule has 0 spiro atoms. The quantitative estimate of drug-likeness (QED) is 0.476. The number of hydrogen-bond donors (Lipinski definition) is 1. The minimum absolute atomic E-state index is 0.0507. The molecule has 0 unspecified atom stereocenters. The van der Waals surface area contributed by atoms with E-state index in [0.29, 0.717) is 12.3 Å². The number of nitrogens with zero attached hydrogens (tertiary/aromatic N) is 4. The predicted molar refractivity (Wildman–Crippen MR) is 125 cm³/mol. The SMILES string of the molecule is C=CCn1c(CCN2CCCCC2)nnc1SCC(=O)N[C@@H]1CCCc2ccccc21. The summed E-state index contributed by atoms with van der Waals surface area (Å²) in [6, 6.07) is 8.56. The van der Waals surface area contributed by atoms with Crippen LogP contribution in [0.5, 0.6) is 0 Å². The molecule has 1 N–H and O–H groups in total. The van der Waals surface area contributed by atoms with Crippen molar-refractivity contribution in [2.75, 3.05) is 25.4 Å². The van der Waals surface area contributed by atoms with Crippen molar-refractivity contribution < 1.29 is 4.79 Å². The Bertz CT molecular complexity index is 890. The van der Waals surface area contributed by atoms with Crippen LogP contribution >= 0.6 is 11.8 Å². The predicted octanol–water partition coefficient (Wildman–Crippen LogP) is 3.78. The molecule has 1 aliphatic carbocycles. The molecule has 1 atom stereocenters. The minimum atomic E-state index is 0.0507. The molecule has 2 aromatic rings. The van der Waals surface area contributed by atoms with Crippen LogP contribution < -0.4 is 5.32 Å². The van der Waals surface area contributed by atoms with Gasteiger partial charge in [-0.05, 0) is 56.3 Å². The number of carbonyl (C=O) groups is 1. The Labute approximate surface area is 189 Å². The average Bonchev–Trinajstić information content (AvgIpc) is 3.19. The largest absolute Gasteiger partial charge is 0.349 e. The van der Waals surface area contributed by atoms with E-state index in [2.05, 4.69) is 55.8 Å². The second-order valence-corrected chi connectivity index (χ2v) is 9.39. The third-order valence-corrected chi connectivity index (χ3v) is 7.21. The van der Waals surface area contributed by atoms with E-state index in [1.165, 1.54) is 55.2 Å². The van der Waals surface area contributed by atoms with Crippen molar-refractivity contribution in [3.05, 3.63) is 53.9 Å². The second-order valence-electron chi connectivity index (χ2n) is 8.45. The highest BCUT2D eigenvalue weighted by atomic mass is 32.2. The van der Waals surface area contributed by atoms with Crippen molar-refractivity contribution in [1.29, 1.82) is 0 Å². The van der Waals surface area contributed by atoms with E-state index in [9.17, 15) is 4.79 Å². The number of rotatable bonds is 9. The molecular formula is C24H33N5OS. The first-order valence-electron chi connectivity index (χ1n) is 11.5. The summed E-state index contributed by atoms with van der Waals surface area (Å²) in [5.74, 6) is 1.38. The van der Waals surface area contributed by atoms with Gasteiger partial charge in [-0.3, -0.25) is 4.79 Å². The van der Waals surface area contributed by atoms with Crippen LogP contribution in [0.25, 0.3) is 0 Å². The van der Waals surface area contributed by atoms with Crippen LogP contribution in [0, 0.1) is 0 Å². The van der Waals surface area contributed by atoms with E-state index in [0.717, 1.165) is 43.2 Å². The van der Waals surface area contributed by atoms with Crippen LogP contribution in [0.15, 0.2) is 42.1 Å². The number of amides is 1. The normalized spacial score (nSPS) is 19.0. The molecular weight excluding hydrogens is 406 g/mol.